The zero-order valence-electron chi connectivity index (χ0n) is 15.4. The van der Waals surface area contributed by atoms with E-state index in [1.165, 1.54) is 24.3 Å². The quantitative estimate of drug-likeness (QED) is 0.458. The summed E-state index contributed by atoms with van der Waals surface area (Å²) in [7, 11) is 0. The summed E-state index contributed by atoms with van der Waals surface area (Å²) >= 11 is 0. The van der Waals surface area contributed by atoms with E-state index in [2.05, 4.69) is 10.6 Å². The number of nitro benzene ring substituents is 1. The van der Waals surface area contributed by atoms with Crippen LogP contribution in [0.5, 0.6) is 0 Å². The Kier molecular flexibility index (Phi) is 6.49. The fourth-order valence-corrected chi connectivity index (χ4v) is 2.95. The van der Waals surface area contributed by atoms with Crippen molar-refractivity contribution in [3.05, 3.63) is 68.8 Å². The van der Waals surface area contributed by atoms with Crippen LogP contribution in [0, 0.1) is 30.9 Å². The van der Waals surface area contributed by atoms with Gasteiger partial charge in [-0.1, -0.05) is 17.7 Å². The molecule has 144 valence electrons. The second kappa shape index (κ2) is 8.61. The molecule has 0 heterocycles. The molecule has 0 aromatic heterocycles. The first-order valence-electron chi connectivity index (χ1n) is 8.41. The zero-order valence-corrected chi connectivity index (χ0v) is 15.4. The van der Waals surface area contributed by atoms with Crippen molar-refractivity contribution in [2.24, 2.45) is 0 Å². The van der Waals surface area contributed by atoms with Crippen LogP contribution in [0.1, 0.15) is 28.4 Å². The number of aliphatic hydroxyl groups is 2. The number of anilines is 1. The molecule has 0 aliphatic carbocycles. The number of aliphatic hydroxyl groups excluding tert-OH is 2. The fraction of sp³-hybridized carbons (Fsp3) is 0.316. The van der Waals surface area contributed by atoms with E-state index in [-0.39, 0.29) is 5.69 Å². The maximum Gasteiger partial charge on any atom is 0.319 e. The van der Waals surface area contributed by atoms with E-state index in [0.717, 1.165) is 16.7 Å². The van der Waals surface area contributed by atoms with E-state index in [1.54, 1.807) is 0 Å². The van der Waals surface area contributed by atoms with Gasteiger partial charge < -0.3 is 20.8 Å². The molecule has 27 heavy (non-hydrogen) atoms. The highest BCUT2D eigenvalue weighted by atomic mass is 16.6. The Morgan fingerprint density at radius 1 is 1.15 bits per heavy atom. The van der Waals surface area contributed by atoms with Gasteiger partial charge in [0.25, 0.3) is 5.69 Å². The van der Waals surface area contributed by atoms with E-state index in [9.17, 15) is 25.1 Å². The molecule has 0 saturated carbocycles. The maximum absolute atomic E-state index is 12.3. The molecule has 0 bridgehead atoms. The monoisotopic (exact) mass is 373 g/mol. The second-order valence-electron chi connectivity index (χ2n) is 6.45. The van der Waals surface area contributed by atoms with Crippen LogP contribution in [0.4, 0.5) is 16.2 Å². The molecule has 2 aromatic carbocycles. The summed E-state index contributed by atoms with van der Waals surface area (Å²) < 4.78 is 0. The number of hydrogen-bond donors (Lipinski definition) is 4. The van der Waals surface area contributed by atoms with Gasteiger partial charge in [0, 0.05) is 17.8 Å². The average Bonchev–Trinajstić information content (AvgIpc) is 2.62. The van der Waals surface area contributed by atoms with Crippen molar-refractivity contribution in [1.29, 1.82) is 0 Å². The predicted molar refractivity (Wildman–Crippen MR) is 102 cm³/mol. The minimum Gasteiger partial charge on any atom is -0.394 e. The molecule has 0 saturated heterocycles. The summed E-state index contributed by atoms with van der Waals surface area (Å²) in [5.41, 5.74) is 3.79. The number of amides is 2. The third-order valence-electron chi connectivity index (χ3n) is 4.26. The van der Waals surface area contributed by atoms with Crippen molar-refractivity contribution < 1.29 is 19.9 Å². The summed E-state index contributed by atoms with van der Waals surface area (Å²) in [5, 5.41) is 35.9. The van der Waals surface area contributed by atoms with Gasteiger partial charge in [0.05, 0.1) is 17.6 Å². The van der Waals surface area contributed by atoms with Gasteiger partial charge in [0.1, 0.15) is 6.10 Å². The second-order valence-corrected chi connectivity index (χ2v) is 6.45. The summed E-state index contributed by atoms with van der Waals surface area (Å²) in [6.07, 6.45) is -1.22. The van der Waals surface area contributed by atoms with Crippen LogP contribution in [0.15, 0.2) is 36.4 Å². The summed E-state index contributed by atoms with van der Waals surface area (Å²) in [5.74, 6) is 0. The SMILES string of the molecule is Cc1cc(C)c(NC(=O)NC(CO)C(O)c2ccc([N+](=O)[O-])cc2)c(C)c1. The van der Waals surface area contributed by atoms with E-state index >= 15 is 0 Å². The number of benzene rings is 2. The van der Waals surface area contributed by atoms with Crippen molar-refractivity contribution in [3.63, 3.8) is 0 Å². The number of hydrogen-bond acceptors (Lipinski definition) is 5. The molecule has 0 radical (unpaired) electrons. The molecule has 0 aliphatic heterocycles. The lowest BCUT2D eigenvalue weighted by Gasteiger charge is -2.23. The lowest BCUT2D eigenvalue weighted by atomic mass is 10.0. The number of aryl methyl sites for hydroxylation is 3. The van der Waals surface area contributed by atoms with Crippen LogP contribution < -0.4 is 10.6 Å². The van der Waals surface area contributed by atoms with Crippen molar-refractivity contribution in [2.75, 3.05) is 11.9 Å². The Labute approximate surface area is 157 Å². The van der Waals surface area contributed by atoms with Gasteiger partial charge in [-0.3, -0.25) is 10.1 Å². The highest BCUT2D eigenvalue weighted by Gasteiger charge is 2.23. The number of nitrogens with zero attached hydrogens (tertiary/aromatic N) is 1. The number of nitrogens with one attached hydrogen (secondary N) is 2. The molecule has 0 spiro atoms. The van der Waals surface area contributed by atoms with Crippen molar-refractivity contribution in [1.82, 2.24) is 5.32 Å². The standard InChI is InChI=1S/C19H23N3O5/c1-11-8-12(2)17(13(3)9-11)21-19(25)20-16(10-23)18(24)14-4-6-15(7-5-14)22(26)27/h4-9,16,18,23-24H,10H2,1-3H3,(H2,20,21,25). The minimum absolute atomic E-state index is 0.109. The fourth-order valence-electron chi connectivity index (χ4n) is 2.95. The molecule has 2 amide bonds. The Hall–Kier alpha value is -2.97. The molecular formula is C19H23N3O5. The van der Waals surface area contributed by atoms with E-state index in [4.69, 9.17) is 0 Å². The van der Waals surface area contributed by atoms with Crippen LogP contribution in [0.3, 0.4) is 0 Å². The van der Waals surface area contributed by atoms with Crippen LogP contribution in [0.2, 0.25) is 0 Å². The summed E-state index contributed by atoms with van der Waals surface area (Å²) in [6.45, 7) is 5.22. The van der Waals surface area contributed by atoms with Gasteiger partial charge in [-0.15, -0.1) is 0 Å². The lowest BCUT2D eigenvalue weighted by Crippen LogP contribution is -2.44. The number of non-ortho nitro benzene ring substituents is 1. The molecule has 8 nitrogen and oxygen atoms in total. The number of rotatable bonds is 6. The smallest absolute Gasteiger partial charge is 0.319 e. The van der Waals surface area contributed by atoms with Crippen LogP contribution in [-0.2, 0) is 0 Å². The highest BCUT2D eigenvalue weighted by molar-refractivity contribution is 5.91. The third-order valence-corrected chi connectivity index (χ3v) is 4.26. The summed E-state index contributed by atoms with van der Waals surface area (Å²) in [4.78, 5) is 22.5. The minimum atomic E-state index is -1.22. The molecule has 2 atom stereocenters. The van der Waals surface area contributed by atoms with Crippen LogP contribution >= 0.6 is 0 Å². The molecule has 2 rings (SSSR count). The van der Waals surface area contributed by atoms with Gasteiger partial charge in [-0.2, -0.15) is 0 Å². The van der Waals surface area contributed by atoms with E-state index in [0.29, 0.717) is 11.3 Å². The van der Waals surface area contributed by atoms with Gasteiger partial charge >= 0.3 is 6.03 Å². The van der Waals surface area contributed by atoms with Crippen LogP contribution in [0.25, 0.3) is 0 Å². The first-order chi connectivity index (χ1) is 12.7. The maximum atomic E-state index is 12.3. The summed E-state index contributed by atoms with van der Waals surface area (Å²) in [6, 6.07) is 7.63. The number of nitro groups is 1. The highest BCUT2D eigenvalue weighted by Crippen LogP contribution is 2.23. The lowest BCUT2D eigenvalue weighted by molar-refractivity contribution is -0.384. The molecule has 8 heteroatoms. The predicted octanol–water partition coefficient (Wildman–Crippen LogP) is 2.74. The first kappa shape index (κ1) is 20.3. The molecular weight excluding hydrogens is 350 g/mol. The Bertz CT molecular complexity index is 813. The van der Waals surface area contributed by atoms with Gasteiger partial charge in [0.2, 0.25) is 0 Å². The number of carbonyl (C=O) groups excluding carboxylic acids is 1. The molecule has 4 N–H and O–H groups in total. The molecule has 0 fully saturated rings. The number of urea groups is 1. The first-order valence-corrected chi connectivity index (χ1v) is 8.41. The Balaban J connectivity index is 2.09. The topological polar surface area (TPSA) is 125 Å². The van der Waals surface area contributed by atoms with Gasteiger partial charge in [0.15, 0.2) is 0 Å². The Morgan fingerprint density at radius 2 is 1.70 bits per heavy atom. The van der Waals surface area contributed by atoms with Crippen LogP contribution in [-0.4, -0.2) is 33.8 Å². The molecule has 0 aliphatic rings. The molecule has 2 unspecified atom stereocenters. The average molecular weight is 373 g/mol. The van der Waals surface area contributed by atoms with Gasteiger partial charge in [-0.25, -0.2) is 4.79 Å². The van der Waals surface area contributed by atoms with E-state index < -0.39 is 29.7 Å². The van der Waals surface area contributed by atoms with Crippen molar-refractivity contribution >= 4 is 17.4 Å². The van der Waals surface area contributed by atoms with Crippen molar-refractivity contribution in [2.45, 2.75) is 32.9 Å². The normalized spacial score (nSPS) is 12.9. The number of carbonyl (C=O) groups is 1. The van der Waals surface area contributed by atoms with Crippen molar-refractivity contribution in [3.8, 4) is 0 Å². The molecule has 2 aromatic rings. The largest absolute Gasteiger partial charge is 0.394 e. The Morgan fingerprint density at radius 3 is 2.19 bits per heavy atom. The zero-order chi connectivity index (χ0) is 20.1. The van der Waals surface area contributed by atoms with Gasteiger partial charge in [-0.05, 0) is 49.6 Å². The van der Waals surface area contributed by atoms with E-state index in [1.807, 2.05) is 32.9 Å². The third kappa shape index (κ3) is 5.02.